The van der Waals surface area contributed by atoms with Crippen molar-refractivity contribution >= 4 is 11.6 Å². The molecular weight excluding hydrogens is 150 g/mol. The van der Waals surface area contributed by atoms with E-state index in [9.17, 15) is 4.79 Å². The van der Waals surface area contributed by atoms with Gasteiger partial charge in [-0.3, -0.25) is 4.79 Å². The van der Waals surface area contributed by atoms with Crippen LogP contribution in [0.4, 0.5) is 0 Å². The molecule has 0 aliphatic carbocycles. The summed E-state index contributed by atoms with van der Waals surface area (Å²) in [7, 11) is 0. The van der Waals surface area contributed by atoms with E-state index < -0.39 is 0 Å². The fraction of sp³-hybridized carbons (Fsp3) is 0.200. The summed E-state index contributed by atoms with van der Waals surface area (Å²) in [6, 6.07) is 9.05. The van der Waals surface area contributed by atoms with Crippen LogP contribution < -0.4 is 0 Å². The Labute approximate surface area is 71.9 Å². The summed E-state index contributed by atoms with van der Waals surface area (Å²) in [6.45, 7) is 3.61. The van der Waals surface area contributed by atoms with E-state index in [2.05, 4.69) is 4.99 Å². The summed E-state index contributed by atoms with van der Waals surface area (Å²) >= 11 is 0. The Balaban J connectivity index is 2.87. The van der Waals surface area contributed by atoms with Crippen LogP contribution in [0.15, 0.2) is 35.3 Å². The second-order valence-electron chi connectivity index (χ2n) is 2.73. The lowest BCUT2D eigenvalue weighted by Gasteiger charge is -1.93. The molecule has 0 fully saturated rings. The number of nitrogens with zero attached hydrogens (tertiary/aromatic N) is 1. The molecule has 0 spiro atoms. The van der Waals surface area contributed by atoms with Crippen LogP contribution in [0.1, 0.15) is 24.2 Å². The Morgan fingerprint density at radius 2 is 1.75 bits per heavy atom. The van der Waals surface area contributed by atoms with Crippen molar-refractivity contribution in [1.29, 1.82) is 0 Å². The molecule has 0 radical (unpaired) electrons. The largest absolute Gasteiger partial charge is 0.276 e. The van der Waals surface area contributed by atoms with Gasteiger partial charge in [-0.05, 0) is 26.0 Å². The van der Waals surface area contributed by atoms with Gasteiger partial charge in [-0.2, -0.15) is 0 Å². The monoisotopic (exact) mass is 161 g/mol. The summed E-state index contributed by atoms with van der Waals surface area (Å²) in [5, 5.41) is 0. The summed E-state index contributed by atoms with van der Waals surface area (Å²) in [5.41, 5.74) is 1.42. The second-order valence-corrected chi connectivity index (χ2v) is 2.73. The third-order valence-corrected chi connectivity index (χ3v) is 1.35. The molecule has 0 heterocycles. The van der Waals surface area contributed by atoms with Crippen LogP contribution in [0.5, 0.6) is 0 Å². The predicted molar refractivity (Wildman–Crippen MR) is 49.6 cm³/mol. The predicted octanol–water partition coefficient (Wildman–Crippen LogP) is 2.31. The number of aliphatic imine (C=N–C) groups is 1. The van der Waals surface area contributed by atoms with Crippen LogP contribution in [-0.2, 0) is 0 Å². The molecule has 0 saturated heterocycles. The summed E-state index contributed by atoms with van der Waals surface area (Å²) in [5.74, 6) is -0.171. The maximum absolute atomic E-state index is 11.3. The van der Waals surface area contributed by atoms with Gasteiger partial charge in [0.05, 0.1) is 0 Å². The minimum Gasteiger partial charge on any atom is -0.267 e. The van der Waals surface area contributed by atoms with Crippen molar-refractivity contribution in [3.8, 4) is 0 Å². The molecule has 62 valence electrons. The Hall–Kier alpha value is -1.44. The molecule has 0 aliphatic heterocycles. The first-order valence-electron chi connectivity index (χ1n) is 3.81. The van der Waals surface area contributed by atoms with Crippen LogP contribution in [0.2, 0.25) is 0 Å². The van der Waals surface area contributed by atoms with E-state index in [4.69, 9.17) is 0 Å². The highest BCUT2D eigenvalue weighted by Gasteiger charge is 2.00. The van der Waals surface area contributed by atoms with Gasteiger partial charge < -0.3 is 0 Å². The first-order chi connectivity index (χ1) is 5.70. The first-order valence-corrected chi connectivity index (χ1v) is 3.81. The fourth-order valence-corrected chi connectivity index (χ4v) is 0.848. The van der Waals surface area contributed by atoms with E-state index in [-0.39, 0.29) is 5.91 Å². The van der Waals surface area contributed by atoms with E-state index in [1.165, 1.54) is 0 Å². The number of amides is 1. The molecule has 1 aromatic rings. The van der Waals surface area contributed by atoms with Crippen LogP contribution in [0.3, 0.4) is 0 Å². The lowest BCUT2D eigenvalue weighted by molar-refractivity contribution is 0.100. The molecule has 1 aromatic carbocycles. The topological polar surface area (TPSA) is 29.4 Å². The molecular formula is C10H11NO. The molecule has 0 N–H and O–H groups in total. The molecule has 0 bridgehead atoms. The van der Waals surface area contributed by atoms with Crippen molar-refractivity contribution < 1.29 is 4.79 Å². The van der Waals surface area contributed by atoms with E-state index in [0.717, 1.165) is 5.71 Å². The van der Waals surface area contributed by atoms with Gasteiger partial charge in [-0.25, -0.2) is 4.99 Å². The van der Waals surface area contributed by atoms with Gasteiger partial charge in [0.15, 0.2) is 0 Å². The third-order valence-electron chi connectivity index (χ3n) is 1.35. The molecule has 0 atom stereocenters. The Bertz CT molecular complexity index is 297. The minimum atomic E-state index is -0.171. The van der Waals surface area contributed by atoms with Crippen LogP contribution in [-0.4, -0.2) is 11.6 Å². The van der Waals surface area contributed by atoms with Crippen LogP contribution in [0, 0.1) is 0 Å². The molecule has 0 saturated carbocycles. The highest BCUT2D eigenvalue weighted by atomic mass is 16.1. The Morgan fingerprint density at radius 3 is 2.25 bits per heavy atom. The highest BCUT2D eigenvalue weighted by molar-refractivity contribution is 6.02. The van der Waals surface area contributed by atoms with Gasteiger partial charge in [0.1, 0.15) is 0 Å². The zero-order chi connectivity index (χ0) is 8.97. The fourth-order valence-electron chi connectivity index (χ4n) is 0.848. The lowest BCUT2D eigenvalue weighted by Crippen LogP contribution is -1.96. The van der Waals surface area contributed by atoms with E-state index in [1.807, 2.05) is 18.2 Å². The molecule has 0 unspecified atom stereocenters. The zero-order valence-corrected chi connectivity index (χ0v) is 7.24. The van der Waals surface area contributed by atoms with Crippen LogP contribution >= 0.6 is 0 Å². The Morgan fingerprint density at radius 1 is 1.17 bits per heavy atom. The minimum absolute atomic E-state index is 0.171. The van der Waals surface area contributed by atoms with E-state index in [0.29, 0.717) is 5.56 Å². The van der Waals surface area contributed by atoms with Gasteiger partial charge in [0, 0.05) is 11.3 Å². The van der Waals surface area contributed by atoms with Crippen molar-refractivity contribution in [3.63, 3.8) is 0 Å². The number of hydrogen-bond donors (Lipinski definition) is 0. The number of benzene rings is 1. The van der Waals surface area contributed by atoms with Gasteiger partial charge in [0.2, 0.25) is 0 Å². The molecule has 2 heteroatoms. The van der Waals surface area contributed by atoms with Crippen LogP contribution in [0.25, 0.3) is 0 Å². The molecule has 1 amide bonds. The van der Waals surface area contributed by atoms with Gasteiger partial charge in [-0.1, -0.05) is 18.2 Å². The molecule has 1 rings (SSSR count). The average molecular weight is 161 g/mol. The maximum atomic E-state index is 11.3. The van der Waals surface area contributed by atoms with Gasteiger partial charge >= 0.3 is 0 Å². The molecule has 0 aliphatic rings. The van der Waals surface area contributed by atoms with E-state index >= 15 is 0 Å². The number of hydrogen-bond acceptors (Lipinski definition) is 1. The number of carbonyl (C=O) groups excluding carboxylic acids is 1. The summed E-state index contributed by atoms with van der Waals surface area (Å²) < 4.78 is 0. The van der Waals surface area contributed by atoms with Gasteiger partial charge in [0.25, 0.3) is 5.91 Å². The smallest absolute Gasteiger partial charge is 0.267 e. The van der Waals surface area contributed by atoms with Crippen molar-refractivity contribution in [1.82, 2.24) is 0 Å². The summed E-state index contributed by atoms with van der Waals surface area (Å²) in [4.78, 5) is 15.1. The zero-order valence-electron chi connectivity index (χ0n) is 7.24. The highest BCUT2D eigenvalue weighted by Crippen LogP contribution is 2.00. The third kappa shape index (κ3) is 2.31. The quantitative estimate of drug-likeness (QED) is 0.581. The van der Waals surface area contributed by atoms with Gasteiger partial charge in [-0.15, -0.1) is 0 Å². The van der Waals surface area contributed by atoms with Crippen molar-refractivity contribution in [3.05, 3.63) is 35.9 Å². The molecule has 2 nitrogen and oxygen atoms in total. The standard InChI is InChI=1S/C10H11NO/c1-8(2)11-10(12)9-6-4-3-5-7-9/h3-7H,1-2H3. The molecule has 12 heavy (non-hydrogen) atoms. The SMILES string of the molecule is CC(C)=NC(=O)c1ccccc1. The summed E-state index contributed by atoms with van der Waals surface area (Å²) in [6.07, 6.45) is 0. The van der Waals surface area contributed by atoms with Crippen molar-refractivity contribution in [2.75, 3.05) is 0 Å². The van der Waals surface area contributed by atoms with Crippen molar-refractivity contribution in [2.45, 2.75) is 13.8 Å². The number of rotatable bonds is 1. The molecule has 0 aromatic heterocycles. The first kappa shape index (κ1) is 8.65. The second kappa shape index (κ2) is 3.81. The maximum Gasteiger partial charge on any atom is 0.276 e. The Kier molecular flexibility index (Phi) is 2.75. The average Bonchev–Trinajstić information content (AvgIpc) is 2.05. The van der Waals surface area contributed by atoms with Crippen molar-refractivity contribution in [2.24, 2.45) is 4.99 Å². The lowest BCUT2D eigenvalue weighted by atomic mass is 10.2. The number of carbonyl (C=O) groups is 1. The van der Waals surface area contributed by atoms with E-state index in [1.54, 1.807) is 26.0 Å². The normalized spacial score (nSPS) is 9.17.